The molecule has 82 valence electrons. The Kier molecular flexibility index (Phi) is 3.31. The van der Waals surface area contributed by atoms with Crippen LogP contribution in [0.3, 0.4) is 0 Å². The highest BCUT2D eigenvalue weighted by Gasteiger charge is 2.10. The topological polar surface area (TPSA) is 42.0 Å². The SMILES string of the molecule is O=C(Nc1ccncc1F)c1csc(Br)c1. The number of pyridine rings is 1. The van der Waals surface area contributed by atoms with Gasteiger partial charge < -0.3 is 5.32 Å². The van der Waals surface area contributed by atoms with Crippen molar-refractivity contribution in [1.29, 1.82) is 0 Å². The zero-order chi connectivity index (χ0) is 11.5. The molecule has 1 N–H and O–H groups in total. The maximum Gasteiger partial charge on any atom is 0.256 e. The largest absolute Gasteiger partial charge is 0.319 e. The third kappa shape index (κ3) is 2.45. The van der Waals surface area contributed by atoms with Gasteiger partial charge in [-0.25, -0.2) is 4.39 Å². The van der Waals surface area contributed by atoms with E-state index < -0.39 is 5.82 Å². The minimum Gasteiger partial charge on any atom is -0.319 e. The number of halogens is 2. The lowest BCUT2D eigenvalue weighted by Gasteiger charge is -2.03. The van der Waals surface area contributed by atoms with Gasteiger partial charge in [0.15, 0.2) is 5.82 Å². The quantitative estimate of drug-likeness (QED) is 0.924. The monoisotopic (exact) mass is 300 g/mol. The molecular formula is C10H6BrFN2OS. The Bertz CT molecular complexity index is 529. The van der Waals surface area contributed by atoms with Crippen molar-refractivity contribution in [2.75, 3.05) is 5.32 Å². The van der Waals surface area contributed by atoms with Crippen LogP contribution in [0.15, 0.2) is 33.7 Å². The average Bonchev–Trinajstić information content (AvgIpc) is 2.68. The molecule has 0 aromatic carbocycles. The molecule has 0 saturated carbocycles. The first-order valence-electron chi connectivity index (χ1n) is 4.32. The number of rotatable bonds is 2. The zero-order valence-corrected chi connectivity index (χ0v) is 10.3. The molecule has 2 rings (SSSR count). The van der Waals surface area contributed by atoms with Crippen LogP contribution in [0.2, 0.25) is 0 Å². The predicted molar refractivity (Wildman–Crippen MR) is 64.2 cm³/mol. The maximum atomic E-state index is 13.2. The average molecular weight is 301 g/mol. The molecule has 0 atom stereocenters. The fourth-order valence-corrected chi connectivity index (χ4v) is 2.24. The summed E-state index contributed by atoms with van der Waals surface area (Å²) in [4.78, 5) is 15.3. The van der Waals surface area contributed by atoms with E-state index in [4.69, 9.17) is 0 Å². The number of carbonyl (C=O) groups excluding carboxylic acids is 1. The van der Waals surface area contributed by atoms with Gasteiger partial charge in [0.05, 0.1) is 21.2 Å². The Balaban J connectivity index is 2.17. The van der Waals surface area contributed by atoms with Crippen LogP contribution < -0.4 is 5.32 Å². The van der Waals surface area contributed by atoms with Gasteiger partial charge in [-0.1, -0.05) is 0 Å². The molecule has 0 aliphatic rings. The van der Waals surface area contributed by atoms with Gasteiger partial charge in [-0.2, -0.15) is 0 Å². The molecule has 0 unspecified atom stereocenters. The van der Waals surface area contributed by atoms with Crippen LogP contribution in [-0.4, -0.2) is 10.9 Å². The lowest BCUT2D eigenvalue weighted by Crippen LogP contribution is -2.12. The number of hydrogen-bond donors (Lipinski definition) is 1. The summed E-state index contributed by atoms with van der Waals surface area (Å²) in [7, 11) is 0. The smallest absolute Gasteiger partial charge is 0.256 e. The van der Waals surface area contributed by atoms with Crippen molar-refractivity contribution >= 4 is 38.9 Å². The van der Waals surface area contributed by atoms with Crippen molar-refractivity contribution in [2.45, 2.75) is 0 Å². The second-order valence-corrected chi connectivity index (χ2v) is 5.24. The summed E-state index contributed by atoms with van der Waals surface area (Å²) >= 11 is 4.65. The number of nitrogens with zero attached hydrogens (tertiary/aromatic N) is 1. The summed E-state index contributed by atoms with van der Waals surface area (Å²) in [6.45, 7) is 0. The summed E-state index contributed by atoms with van der Waals surface area (Å²) in [6, 6.07) is 3.09. The van der Waals surface area contributed by atoms with Crippen molar-refractivity contribution in [1.82, 2.24) is 4.98 Å². The van der Waals surface area contributed by atoms with Gasteiger partial charge in [0.2, 0.25) is 0 Å². The lowest BCUT2D eigenvalue weighted by molar-refractivity contribution is 0.102. The first kappa shape index (κ1) is 11.2. The fourth-order valence-electron chi connectivity index (χ4n) is 1.10. The molecule has 1 amide bonds. The van der Waals surface area contributed by atoms with Gasteiger partial charge >= 0.3 is 0 Å². The summed E-state index contributed by atoms with van der Waals surface area (Å²) in [5.74, 6) is -0.891. The Morgan fingerprint density at radius 2 is 2.38 bits per heavy atom. The number of thiophene rings is 1. The number of amides is 1. The van der Waals surface area contributed by atoms with E-state index in [1.165, 1.54) is 23.6 Å². The van der Waals surface area contributed by atoms with Crippen molar-refractivity contribution in [2.24, 2.45) is 0 Å². The summed E-state index contributed by atoms with van der Waals surface area (Å²) in [5, 5.41) is 4.16. The highest BCUT2D eigenvalue weighted by Crippen LogP contribution is 2.21. The van der Waals surface area contributed by atoms with Gasteiger partial charge in [-0.05, 0) is 28.1 Å². The summed E-state index contributed by atoms with van der Waals surface area (Å²) in [6.07, 6.45) is 2.47. The van der Waals surface area contributed by atoms with Gasteiger partial charge in [0.1, 0.15) is 0 Å². The highest BCUT2D eigenvalue weighted by atomic mass is 79.9. The maximum absolute atomic E-state index is 13.2. The van der Waals surface area contributed by atoms with Crippen molar-refractivity contribution in [3.8, 4) is 0 Å². The minimum absolute atomic E-state index is 0.127. The molecule has 6 heteroatoms. The normalized spacial score (nSPS) is 10.1. The third-order valence-electron chi connectivity index (χ3n) is 1.85. The molecule has 2 heterocycles. The van der Waals surface area contributed by atoms with E-state index in [2.05, 4.69) is 26.2 Å². The number of carbonyl (C=O) groups is 1. The minimum atomic E-state index is -0.551. The van der Waals surface area contributed by atoms with Crippen molar-refractivity contribution in [3.05, 3.63) is 45.1 Å². The standard InChI is InChI=1S/C10H6BrFN2OS/c11-9-3-6(5-16-9)10(15)14-8-1-2-13-4-7(8)12/h1-5H,(H,13,14,15). The molecule has 0 saturated heterocycles. The third-order valence-corrected chi connectivity index (χ3v) is 3.35. The van der Waals surface area contributed by atoms with Gasteiger partial charge in [-0.15, -0.1) is 11.3 Å². The molecule has 0 bridgehead atoms. The predicted octanol–water partition coefficient (Wildman–Crippen LogP) is 3.30. The van der Waals surface area contributed by atoms with E-state index in [1.54, 1.807) is 11.4 Å². The molecule has 0 aliphatic carbocycles. The van der Waals surface area contributed by atoms with Crippen molar-refractivity contribution < 1.29 is 9.18 Å². The van der Waals surface area contributed by atoms with E-state index >= 15 is 0 Å². The first-order valence-corrected chi connectivity index (χ1v) is 5.99. The summed E-state index contributed by atoms with van der Waals surface area (Å²) in [5.41, 5.74) is 0.621. The molecule has 0 aliphatic heterocycles. The number of hydrogen-bond acceptors (Lipinski definition) is 3. The molecule has 2 aromatic heterocycles. The van der Waals surface area contributed by atoms with E-state index in [-0.39, 0.29) is 11.6 Å². The van der Waals surface area contributed by atoms with E-state index in [0.717, 1.165) is 9.98 Å². The summed E-state index contributed by atoms with van der Waals surface area (Å²) < 4.78 is 14.0. The molecular weight excluding hydrogens is 295 g/mol. The Morgan fingerprint density at radius 3 is 3.00 bits per heavy atom. The van der Waals surface area contributed by atoms with Crippen LogP contribution in [0.4, 0.5) is 10.1 Å². The Labute approximate surface area is 103 Å². The van der Waals surface area contributed by atoms with Crippen LogP contribution in [-0.2, 0) is 0 Å². The number of nitrogens with one attached hydrogen (secondary N) is 1. The zero-order valence-electron chi connectivity index (χ0n) is 7.91. The second-order valence-electron chi connectivity index (χ2n) is 2.95. The van der Waals surface area contributed by atoms with Crippen LogP contribution in [0.1, 0.15) is 10.4 Å². The molecule has 2 aromatic rings. The van der Waals surface area contributed by atoms with Crippen LogP contribution in [0.25, 0.3) is 0 Å². The molecule has 16 heavy (non-hydrogen) atoms. The van der Waals surface area contributed by atoms with Crippen molar-refractivity contribution in [3.63, 3.8) is 0 Å². The molecule has 3 nitrogen and oxygen atoms in total. The van der Waals surface area contributed by atoms with Gasteiger partial charge in [-0.3, -0.25) is 9.78 Å². The first-order chi connectivity index (χ1) is 7.66. The Hall–Kier alpha value is -1.27. The van der Waals surface area contributed by atoms with Crippen LogP contribution >= 0.6 is 27.3 Å². The van der Waals surface area contributed by atoms with Gasteiger partial charge in [0, 0.05) is 11.6 Å². The Morgan fingerprint density at radius 1 is 1.56 bits per heavy atom. The fraction of sp³-hybridized carbons (Fsp3) is 0. The molecule has 0 fully saturated rings. The second kappa shape index (κ2) is 4.71. The number of anilines is 1. The molecule has 0 radical (unpaired) electrons. The number of aromatic nitrogens is 1. The lowest BCUT2D eigenvalue weighted by atomic mass is 10.3. The van der Waals surface area contributed by atoms with E-state index in [1.807, 2.05) is 0 Å². The van der Waals surface area contributed by atoms with Crippen LogP contribution in [0, 0.1) is 5.82 Å². The van der Waals surface area contributed by atoms with E-state index in [9.17, 15) is 9.18 Å². The highest BCUT2D eigenvalue weighted by molar-refractivity contribution is 9.11. The van der Waals surface area contributed by atoms with Gasteiger partial charge in [0.25, 0.3) is 5.91 Å². The van der Waals surface area contributed by atoms with Crippen LogP contribution in [0.5, 0.6) is 0 Å². The van der Waals surface area contributed by atoms with E-state index in [0.29, 0.717) is 5.56 Å². The molecule has 0 spiro atoms.